The highest BCUT2D eigenvalue weighted by Gasteiger charge is 2.27. The molecule has 1 fully saturated rings. The highest BCUT2D eigenvalue weighted by Crippen LogP contribution is 2.11. The smallest absolute Gasteiger partial charge is 0.237 e. The second-order valence-corrected chi connectivity index (χ2v) is 4.74. The van der Waals surface area contributed by atoms with E-state index in [1.807, 2.05) is 24.3 Å². The third-order valence-electron chi connectivity index (χ3n) is 3.30. The highest BCUT2D eigenvalue weighted by molar-refractivity contribution is 5.82. The molecule has 0 radical (unpaired) electrons. The fraction of sp³-hybridized carbons (Fsp3) is 0.500. The van der Waals surface area contributed by atoms with Crippen LogP contribution in [0.3, 0.4) is 0 Å². The van der Waals surface area contributed by atoms with Gasteiger partial charge in [0.15, 0.2) is 0 Å². The minimum absolute atomic E-state index is 0.0370. The van der Waals surface area contributed by atoms with Gasteiger partial charge in [-0.05, 0) is 30.5 Å². The first-order valence-electron chi connectivity index (χ1n) is 6.51. The van der Waals surface area contributed by atoms with Crippen LogP contribution in [0.15, 0.2) is 24.3 Å². The first-order valence-corrected chi connectivity index (χ1v) is 6.51. The largest absolute Gasteiger partial charge is 0.497 e. The number of benzene rings is 1. The normalized spacial score (nSPS) is 22.2. The molecule has 104 valence electrons. The molecule has 1 aliphatic rings. The van der Waals surface area contributed by atoms with E-state index in [2.05, 4.69) is 10.6 Å². The van der Waals surface area contributed by atoms with Crippen molar-refractivity contribution in [1.82, 2.24) is 10.6 Å². The van der Waals surface area contributed by atoms with Gasteiger partial charge in [0, 0.05) is 13.1 Å². The number of hydrogen-bond donors (Lipinski definition) is 3. The molecular formula is C14H20N2O3. The molecule has 0 bridgehead atoms. The van der Waals surface area contributed by atoms with Crippen molar-refractivity contribution in [3.63, 3.8) is 0 Å². The molecule has 1 heterocycles. The summed E-state index contributed by atoms with van der Waals surface area (Å²) in [4.78, 5) is 11.8. The standard InChI is InChI=1S/C14H20N2O3/c1-19-12-4-2-10(3-5-12)6-7-15-14(18)13-8-11(17)9-16-13/h2-5,11,13,16-17H,6-9H2,1H3,(H,15,18)/t11-,13+/m0/s1. The van der Waals surface area contributed by atoms with Gasteiger partial charge in [0.1, 0.15) is 5.75 Å². The van der Waals surface area contributed by atoms with E-state index in [-0.39, 0.29) is 11.9 Å². The zero-order valence-corrected chi connectivity index (χ0v) is 11.1. The van der Waals surface area contributed by atoms with Gasteiger partial charge in [-0.2, -0.15) is 0 Å². The Balaban J connectivity index is 1.72. The third-order valence-corrected chi connectivity index (χ3v) is 3.30. The van der Waals surface area contributed by atoms with E-state index in [4.69, 9.17) is 4.74 Å². The number of nitrogens with one attached hydrogen (secondary N) is 2. The van der Waals surface area contributed by atoms with E-state index in [0.29, 0.717) is 19.5 Å². The summed E-state index contributed by atoms with van der Waals surface area (Å²) in [6, 6.07) is 7.54. The number of rotatable bonds is 5. The molecule has 1 aliphatic heterocycles. The number of carbonyl (C=O) groups is 1. The lowest BCUT2D eigenvalue weighted by Crippen LogP contribution is -2.41. The van der Waals surface area contributed by atoms with Crippen LogP contribution in [0.4, 0.5) is 0 Å². The van der Waals surface area contributed by atoms with Crippen LogP contribution in [0.25, 0.3) is 0 Å². The van der Waals surface area contributed by atoms with Crippen molar-refractivity contribution in [2.24, 2.45) is 0 Å². The number of carbonyl (C=O) groups excluding carboxylic acids is 1. The lowest BCUT2D eigenvalue weighted by atomic mass is 10.1. The number of β-amino-alcohol motifs (C(OH)–C–C–N with tert-alkyl or cyclic N) is 1. The Morgan fingerprint density at radius 3 is 2.79 bits per heavy atom. The van der Waals surface area contributed by atoms with Crippen molar-refractivity contribution < 1.29 is 14.6 Å². The van der Waals surface area contributed by atoms with Crippen molar-refractivity contribution in [2.45, 2.75) is 25.0 Å². The average molecular weight is 264 g/mol. The molecule has 2 rings (SSSR count). The summed E-state index contributed by atoms with van der Waals surface area (Å²) in [7, 11) is 1.64. The molecule has 1 aromatic rings. The molecule has 1 amide bonds. The molecule has 2 atom stereocenters. The van der Waals surface area contributed by atoms with E-state index >= 15 is 0 Å². The molecule has 5 heteroatoms. The molecule has 0 unspecified atom stereocenters. The number of amides is 1. The van der Waals surface area contributed by atoms with Crippen LogP contribution >= 0.6 is 0 Å². The van der Waals surface area contributed by atoms with Gasteiger partial charge in [0.25, 0.3) is 0 Å². The van der Waals surface area contributed by atoms with Gasteiger partial charge in [-0.15, -0.1) is 0 Å². The quantitative estimate of drug-likeness (QED) is 0.704. The zero-order chi connectivity index (χ0) is 13.7. The van der Waals surface area contributed by atoms with Crippen molar-refractivity contribution in [3.8, 4) is 5.75 Å². The lowest BCUT2D eigenvalue weighted by molar-refractivity contribution is -0.122. The highest BCUT2D eigenvalue weighted by atomic mass is 16.5. The van der Waals surface area contributed by atoms with Gasteiger partial charge < -0.3 is 20.5 Å². The molecule has 0 aromatic heterocycles. The summed E-state index contributed by atoms with van der Waals surface area (Å²) < 4.78 is 5.09. The third kappa shape index (κ3) is 3.94. The van der Waals surface area contributed by atoms with E-state index in [1.165, 1.54) is 0 Å². The Morgan fingerprint density at radius 1 is 1.47 bits per heavy atom. The average Bonchev–Trinajstić information content (AvgIpc) is 2.86. The first-order chi connectivity index (χ1) is 9.19. The van der Waals surface area contributed by atoms with Crippen LogP contribution in [0.2, 0.25) is 0 Å². The number of aliphatic hydroxyl groups excluding tert-OH is 1. The Kier molecular flexibility index (Phi) is 4.76. The van der Waals surface area contributed by atoms with Gasteiger partial charge in [-0.1, -0.05) is 12.1 Å². The Hall–Kier alpha value is -1.59. The minimum Gasteiger partial charge on any atom is -0.497 e. The summed E-state index contributed by atoms with van der Waals surface area (Å²) in [6.07, 6.45) is 0.872. The lowest BCUT2D eigenvalue weighted by Gasteiger charge is -2.11. The van der Waals surface area contributed by atoms with Gasteiger partial charge in [0.2, 0.25) is 5.91 Å². The monoisotopic (exact) mass is 264 g/mol. The van der Waals surface area contributed by atoms with E-state index < -0.39 is 6.10 Å². The zero-order valence-electron chi connectivity index (χ0n) is 11.1. The molecule has 1 aromatic carbocycles. The molecule has 0 spiro atoms. The summed E-state index contributed by atoms with van der Waals surface area (Å²) in [5.74, 6) is 0.794. The van der Waals surface area contributed by atoms with Crippen molar-refractivity contribution >= 4 is 5.91 Å². The van der Waals surface area contributed by atoms with E-state index in [1.54, 1.807) is 7.11 Å². The molecule has 0 saturated carbocycles. The summed E-state index contributed by atoms with van der Waals surface area (Å²) >= 11 is 0. The summed E-state index contributed by atoms with van der Waals surface area (Å²) in [5, 5.41) is 15.2. The van der Waals surface area contributed by atoms with Crippen LogP contribution in [-0.4, -0.2) is 43.4 Å². The maximum atomic E-state index is 11.8. The van der Waals surface area contributed by atoms with Gasteiger partial charge in [0.05, 0.1) is 19.3 Å². The topological polar surface area (TPSA) is 70.6 Å². The number of ether oxygens (including phenoxy) is 1. The number of hydrogen-bond acceptors (Lipinski definition) is 4. The predicted molar refractivity (Wildman–Crippen MR) is 72.1 cm³/mol. The first kappa shape index (κ1) is 13.8. The molecule has 3 N–H and O–H groups in total. The van der Waals surface area contributed by atoms with Crippen LogP contribution in [0, 0.1) is 0 Å². The fourth-order valence-corrected chi connectivity index (χ4v) is 2.16. The molecule has 0 aliphatic carbocycles. The van der Waals surface area contributed by atoms with E-state index in [0.717, 1.165) is 17.7 Å². The van der Waals surface area contributed by atoms with Crippen molar-refractivity contribution in [2.75, 3.05) is 20.2 Å². The Labute approximate surface area is 113 Å². The van der Waals surface area contributed by atoms with Crippen LogP contribution in [-0.2, 0) is 11.2 Å². The van der Waals surface area contributed by atoms with E-state index in [9.17, 15) is 9.90 Å². The SMILES string of the molecule is COc1ccc(CCNC(=O)[C@H]2C[C@H](O)CN2)cc1. The van der Waals surface area contributed by atoms with Crippen LogP contribution in [0.5, 0.6) is 5.75 Å². The summed E-state index contributed by atoms with van der Waals surface area (Å²) in [6.45, 7) is 1.09. The fourth-order valence-electron chi connectivity index (χ4n) is 2.16. The second kappa shape index (κ2) is 6.54. The number of aliphatic hydroxyl groups is 1. The van der Waals surface area contributed by atoms with Crippen molar-refractivity contribution in [3.05, 3.63) is 29.8 Å². The van der Waals surface area contributed by atoms with Gasteiger partial charge >= 0.3 is 0 Å². The van der Waals surface area contributed by atoms with Gasteiger partial charge in [-0.25, -0.2) is 0 Å². The Bertz CT molecular complexity index is 419. The molecule has 5 nitrogen and oxygen atoms in total. The predicted octanol–water partition coefficient (Wildman–Crippen LogP) is 0.0767. The van der Waals surface area contributed by atoms with Crippen molar-refractivity contribution in [1.29, 1.82) is 0 Å². The minimum atomic E-state index is -0.405. The van der Waals surface area contributed by atoms with Crippen LogP contribution < -0.4 is 15.4 Å². The van der Waals surface area contributed by atoms with Gasteiger partial charge in [-0.3, -0.25) is 4.79 Å². The number of methoxy groups -OCH3 is 1. The molecule has 19 heavy (non-hydrogen) atoms. The molecule has 1 saturated heterocycles. The maximum Gasteiger partial charge on any atom is 0.237 e. The van der Waals surface area contributed by atoms with Crippen LogP contribution in [0.1, 0.15) is 12.0 Å². The molecular weight excluding hydrogens is 244 g/mol. The second-order valence-electron chi connectivity index (χ2n) is 4.74. The Morgan fingerprint density at radius 2 is 2.21 bits per heavy atom. The summed E-state index contributed by atoms with van der Waals surface area (Å²) in [5.41, 5.74) is 1.15. The maximum absolute atomic E-state index is 11.8.